The molecule has 2 amide bonds. The number of aliphatic carboxylic acids is 1. The molecule has 2 saturated heterocycles. The number of carboxylic acid groups (broad SMARTS) is 1. The first kappa shape index (κ1) is 10.3. The fraction of sp³-hybridized carbons (Fsp3) is 0.625. The van der Waals surface area contributed by atoms with Crippen LogP contribution in [0.2, 0.25) is 0 Å². The average molecular weight is 230 g/mol. The third-order valence-electron chi connectivity index (χ3n) is 2.56. The minimum absolute atomic E-state index is 0.222. The molecule has 2 unspecified atom stereocenters. The standard InChI is InChI=1S/C8H10N2O4S/c11-6(4-3-15-8(14)9-4)10-2-1-5(10)7(12)13/h4-5H,1-3H2,(H,9,14)(H,12,13). The van der Waals surface area contributed by atoms with Gasteiger partial charge in [-0.25, -0.2) is 4.79 Å². The van der Waals surface area contributed by atoms with Crippen molar-refractivity contribution in [1.29, 1.82) is 0 Å². The van der Waals surface area contributed by atoms with Gasteiger partial charge in [-0.2, -0.15) is 0 Å². The van der Waals surface area contributed by atoms with Crippen molar-refractivity contribution in [2.75, 3.05) is 12.3 Å². The van der Waals surface area contributed by atoms with Crippen LogP contribution in [0.15, 0.2) is 0 Å². The number of nitrogens with zero attached hydrogens (tertiary/aromatic N) is 1. The summed E-state index contributed by atoms with van der Waals surface area (Å²) in [6.45, 7) is 0.465. The third kappa shape index (κ3) is 1.79. The number of carboxylic acids is 1. The Labute approximate surface area is 90.0 Å². The maximum atomic E-state index is 11.7. The topological polar surface area (TPSA) is 86.7 Å². The van der Waals surface area contributed by atoms with E-state index < -0.39 is 18.1 Å². The van der Waals surface area contributed by atoms with Crippen molar-refractivity contribution in [2.24, 2.45) is 0 Å². The summed E-state index contributed by atoms with van der Waals surface area (Å²) < 4.78 is 0. The second-order valence-electron chi connectivity index (χ2n) is 3.47. The van der Waals surface area contributed by atoms with E-state index in [1.807, 2.05) is 0 Å². The number of thioether (sulfide) groups is 1. The van der Waals surface area contributed by atoms with Gasteiger partial charge in [-0.3, -0.25) is 9.59 Å². The number of hydrogen-bond acceptors (Lipinski definition) is 4. The second-order valence-corrected chi connectivity index (χ2v) is 4.46. The van der Waals surface area contributed by atoms with E-state index in [0.29, 0.717) is 18.7 Å². The highest BCUT2D eigenvalue weighted by Gasteiger charge is 2.42. The number of rotatable bonds is 2. The Bertz CT molecular complexity index is 333. The predicted octanol–water partition coefficient (Wildman–Crippen LogP) is -0.503. The van der Waals surface area contributed by atoms with Crippen LogP contribution in [0.5, 0.6) is 0 Å². The molecular weight excluding hydrogens is 220 g/mol. The van der Waals surface area contributed by atoms with E-state index in [9.17, 15) is 14.4 Å². The third-order valence-corrected chi connectivity index (χ3v) is 3.44. The quantitative estimate of drug-likeness (QED) is 0.667. The molecule has 2 fully saturated rings. The zero-order valence-electron chi connectivity index (χ0n) is 7.80. The van der Waals surface area contributed by atoms with Crippen LogP contribution < -0.4 is 5.32 Å². The fourth-order valence-electron chi connectivity index (χ4n) is 1.63. The van der Waals surface area contributed by atoms with Crippen LogP contribution in [-0.2, 0) is 9.59 Å². The normalized spacial score (nSPS) is 29.6. The van der Waals surface area contributed by atoms with E-state index in [2.05, 4.69) is 5.32 Å². The Hall–Kier alpha value is -1.24. The minimum atomic E-state index is -0.980. The lowest BCUT2D eigenvalue weighted by atomic mass is 10.0. The molecule has 2 N–H and O–H groups in total. The summed E-state index contributed by atoms with van der Waals surface area (Å²) in [6, 6.07) is -1.26. The van der Waals surface area contributed by atoms with Crippen molar-refractivity contribution >= 4 is 28.9 Å². The lowest BCUT2D eigenvalue weighted by molar-refractivity contribution is -0.157. The fourth-order valence-corrected chi connectivity index (χ4v) is 2.40. The number of likely N-dealkylation sites (tertiary alicyclic amines) is 1. The molecule has 0 radical (unpaired) electrons. The van der Waals surface area contributed by atoms with Gasteiger partial charge in [0, 0.05) is 12.3 Å². The Morgan fingerprint density at radius 3 is 2.67 bits per heavy atom. The first-order chi connectivity index (χ1) is 7.09. The molecule has 82 valence electrons. The number of hydrogen-bond donors (Lipinski definition) is 2. The molecule has 7 heteroatoms. The monoisotopic (exact) mass is 230 g/mol. The van der Waals surface area contributed by atoms with Gasteiger partial charge in [0.25, 0.3) is 5.24 Å². The summed E-state index contributed by atoms with van der Waals surface area (Å²) in [5.74, 6) is -0.876. The molecule has 0 aromatic carbocycles. The SMILES string of the molecule is O=C1NC(C(=O)N2CCC2C(=O)O)CS1. The maximum Gasteiger partial charge on any atom is 0.326 e. The van der Waals surface area contributed by atoms with Crippen molar-refractivity contribution in [2.45, 2.75) is 18.5 Å². The van der Waals surface area contributed by atoms with E-state index in [4.69, 9.17) is 5.11 Å². The van der Waals surface area contributed by atoms with Gasteiger partial charge >= 0.3 is 5.97 Å². The van der Waals surface area contributed by atoms with E-state index in [1.54, 1.807) is 0 Å². The van der Waals surface area contributed by atoms with Gasteiger partial charge in [-0.15, -0.1) is 0 Å². The molecule has 2 aliphatic rings. The Balaban J connectivity index is 1.97. The van der Waals surface area contributed by atoms with Crippen molar-refractivity contribution < 1.29 is 19.5 Å². The van der Waals surface area contributed by atoms with E-state index in [0.717, 1.165) is 11.8 Å². The number of nitrogens with one attached hydrogen (secondary N) is 1. The lowest BCUT2D eigenvalue weighted by Gasteiger charge is -2.39. The number of carbonyl (C=O) groups excluding carboxylic acids is 2. The lowest BCUT2D eigenvalue weighted by Crippen LogP contribution is -2.59. The van der Waals surface area contributed by atoms with Crippen LogP contribution in [0.25, 0.3) is 0 Å². The molecular formula is C8H10N2O4S. The van der Waals surface area contributed by atoms with Crippen LogP contribution in [0, 0.1) is 0 Å². The molecule has 0 spiro atoms. The summed E-state index contributed by atoms with van der Waals surface area (Å²) in [7, 11) is 0. The summed E-state index contributed by atoms with van der Waals surface area (Å²) >= 11 is 1.05. The zero-order chi connectivity index (χ0) is 11.0. The average Bonchev–Trinajstić information content (AvgIpc) is 2.48. The van der Waals surface area contributed by atoms with Gasteiger partial charge in [-0.1, -0.05) is 11.8 Å². The molecule has 0 aromatic heterocycles. The highest BCUT2D eigenvalue weighted by Crippen LogP contribution is 2.22. The summed E-state index contributed by atoms with van der Waals surface area (Å²) in [6.07, 6.45) is 0.495. The van der Waals surface area contributed by atoms with Gasteiger partial charge in [-0.05, 0) is 6.42 Å². The summed E-state index contributed by atoms with van der Waals surface area (Å²) in [5, 5.41) is 11.0. The molecule has 0 saturated carbocycles. The molecule has 2 rings (SSSR count). The Morgan fingerprint density at radius 1 is 1.53 bits per heavy atom. The van der Waals surface area contributed by atoms with E-state index in [-0.39, 0.29) is 11.1 Å². The first-order valence-corrected chi connectivity index (χ1v) is 5.54. The molecule has 2 atom stereocenters. The van der Waals surface area contributed by atoms with Gasteiger partial charge in [0.15, 0.2) is 0 Å². The van der Waals surface area contributed by atoms with Crippen LogP contribution in [-0.4, -0.2) is 51.5 Å². The van der Waals surface area contributed by atoms with Gasteiger partial charge in [0.2, 0.25) is 5.91 Å². The van der Waals surface area contributed by atoms with Crippen LogP contribution in [0.4, 0.5) is 4.79 Å². The second kappa shape index (κ2) is 3.73. The van der Waals surface area contributed by atoms with Crippen molar-refractivity contribution in [1.82, 2.24) is 10.2 Å². The van der Waals surface area contributed by atoms with Crippen molar-refractivity contribution in [3.63, 3.8) is 0 Å². The molecule has 15 heavy (non-hydrogen) atoms. The highest BCUT2D eigenvalue weighted by molar-refractivity contribution is 8.14. The molecule has 2 aliphatic heterocycles. The Morgan fingerprint density at radius 2 is 2.27 bits per heavy atom. The van der Waals surface area contributed by atoms with Gasteiger partial charge < -0.3 is 15.3 Å². The van der Waals surface area contributed by atoms with Gasteiger partial charge in [0.1, 0.15) is 12.1 Å². The molecule has 0 aromatic rings. The Kier molecular flexibility index (Phi) is 2.56. The van der Waals surface area contributed by atoms with E-state index >= 15 is 0 Å². The summed E-state index contributed by atoms with van der Waals surface area (Å²) in [5.41, 5.74) is 0. The smallest absolute Gasteiger partial charge is 0.326 e. The first-order valence-electron chi connectivity index (χ1n) is 4.56. The minimum Gasteiger partial charge on any atom is -0.480 e. The van der Waals surface area contributed by atoms with Crippen LogP contribution >= 0.6 is 11.8 Å². The van der Waals surface area contributed by atoms with E-state index in [1.165, 1.54) is 4.90 Å². The molecule has 0 bridgehead atoms. The molecule has 6 nitrogen and oxygen atoms in total. The largest absolute Gasteiger partial charge is 0.480 e. The van der Waals surface area contributed by atoms with Crippen molar-refractivity contribution in [3.05, 3.63) is 0 Å². The van der Waals surface area contributed by atoms with Crippen molar-refractivity contribution in [3.8, 4) is 0 Å². The van der Waals surface area contributed by atoms with Crippen LogP contribution in [0.1, 0.15) is 6.42 Å². The maximum absolute atomic E-state index is 11.7. The number of amides is 2. The molecule has 0 aliphatic carbocycles. The highest BCUT2D eigenvalue weighted by atomic mass is 32.2. The predicted molar refractivity (Wildman–Crippen MR) is 52.5 cm³/mol. The zero-order valence-corrected chi connectivity index (χ0v) is 8.62. The van der Waals surface area contributed by atoms with Gasteiger partial charge in [0.05, 0.1) is 0 Å². The number of carbonyl (C=O) groups is 3. The molecule has 2 heterocycles. The van der Waals surface area contributed by atoms with Crippen LogP contribution in [0.3, 0.4) is 0 Å². The summed E-state index contributed by atoms with van der Waals surface area (Å²) in [4.78, 5) is 34.6.